The minimum atomic E-state index is -0.886. The lowest BCUT2D eigenvalue weighted by Crippen LogP contribution is -2.53. The van der Waals surface area contributed by atoms with Crippen molar-refractivity contribution in [1.82, 2.24) is 30.0 Å². The van der Waals surface area contributed by atoms with E-state index < -0.39 is 23.8 Å². The Bertz CT molecular complexity index is 2250. The van der Waals surface area contributed by atoms with Crippen LogP contribution in [0.5, 0.6) is 17.2 Å². The maximum atomic E-state index is 13.4. The van der Waals surface area contributed by atoms with Gasteiger partial charge in [0.25, 0.3) is 17.4 Å². The first-order valence-electron chi connectivity index (χ1n) is 20.1. The van der Waals surface area contributed by atoms with Crippen LogP contribution >= 0.6 is 0 Å². The summed E-state index contributed by atoms with van der Waals surface area (Å²) in [5.74, 6) is 0.121. The second-order valence-electron chi connectivity index (χ2n) is 15.1. The molecule has 1 aliphatic heterocycles. The first-order valence-corrected chi connectivity index (χ1v) is 20.1. The number of unbranched alkanes of at least 4 members (excludes halogenated alkanes) is 5. The molecule has 2 aromatic carbocycles. The fourth-order valence-electron chi connectivity index (χ4n) is 7.26. The summed E-state index contributed by atoms with van der Waals surface area (Å²) in [7, 11) is 10.4. The van der Waals surface area contributed by atoms with Gasteiger partial charge in [0, 0.05) is 69.1 Å². The highest BCUT2D eigenvalue weighted by atomic mass is 16.5. The van der Waals surface area contributed by atoms with Gasteiger partial charge in [0.2, 0.25) is 11.8 Å². The van der Waals surface area contributed by atoms with Crippen molar-refractivity contribution in [3.63, 3.8) is 0 Å². The Hall–Kier alpha value is -6.29. The zero-order valence-electron chi connectivity index (χ0n) is 35.2. The number of nitrogens with one attached hydrogen (secondary N) is 3. The monoisotopic (exact) mass is 825 g/mol. The van der Waals surface area contributed by atoms with Crippen LogP contribution in [0.25, 0.3) is 21.9 Å². The zero-order chi connectivity index (χ0) is 43.3. The van der Waals surface area contributed by atoms with Crippen LogP contribution in [0.3, 0.4) is 0 Å². The van der Waals surface area contributed by atoms with Gasteiger partial charge in [0.1, 0.15) is 29.1 Å². The number of hydrogen-bond donors (Lipinski definition) is 3. The van der Waals surface area contributed by atoms with E-state index >= 15 is 0 Å². The van der Waals surface area contributed by atoms with Crippen LogP contribution < -0.4 is 35.7 Å². The van der Waals surface area contributed by atoms with Gasteiger partial charge in [0.05, 0.1) is 30.7 Å². The molecule has 3 heterocycles. The average molecular weight is 826 g/mol. The smallest absolute Gasteiger partial charge is 0.259 e. The number of methoxy groups -OCH3 is 2. The summed E-state index contributed by atoms with van der Waals surface area (Å²) in [6.45, 7) is 1.45. The lowest BCUT2D eigenvalue weighted by molar-refractivity contribution is -0.136. The molecule has 3 N–H and O–H groups in total. The second kappa shape index (κ2) is 21.1. The van der Waals surface area contributed by atoms with E-state index in [4.69, 9.17) is 14.2 Å². The molecule has 1 unspecified atom stereocenters. The SMILES string of the molecule is COc1cc(-c2cn(C)c(=O)c3cnc(NCCCCCCCCNC(=O)COc4cccc(C=O)c4C(=O)N(C)C4CCC(=O)NC4=O)cc23)cc(OC)c1CN(C)C. The number of aryl methyl sites for hydroxylation is 1. The number of hydrogen-bond acceptors (Lipinski definition) is 12. The number of piperidine rings is 1. The first-order chi connectivity index (χ1) is 28.9. The van der Waals surface area contributed by atoms with Crippen molar-refractivity contribution < 1.29 is 38.2 Å². The molecule has 4 aromatic rings. The van der Waals surface area contributed by atoms with E-state index in [1.165, 1.54) is 24.1 Å². The van der Waals surface area contributed by atoms with Crippen LogP contribution in [0.2, 0.25) is 0 Å². The Kier molecular flexibility index (Phi) is 15.8. The number of amides is 4. The van der Waals surface area contributed by atoms with Crippen LogP contribution in [-0.2, 0) is 28.0 Å². The third-order valence-corrected chi connectivity index (χ3v) is 10.4. The molecule has 1 fully saturated rings. The molecule has 16 nitrogen and oxygen atoms in total. The fraction of sp³-hybridized carbons (Fsp3) is 0.432. The number of likely N-dealkylation sites (N-methyl/N-ethyl adjacent to an activating group) is 1. The Morgan fingerprint density at radius 3 is 2.27 bits per heavy atom. The quantitative estimate of drug-likeness (QED) is 0.0614. The van der Waals surface area contributed by atoms with Gasteiger partial charge in [-0.1, -0.05) is 37.8 Å². The Morgan fingerprint density at radius 1 is 0.933 bits per heavy atom. The molecular weight excluding hydrogens is 771 g/mol. The molecule has 320 valence electrons. The highest BCUT2D eigenvalue weighted by Gasteiger charge is 2.34. The van der Waals surface area contributed by atoms with E-state index in [0.717, 1.165) is 60.6 Å². The number of ether oxygens (including phenoxy) is 3. The van der Waals surface area contributed by atoms with Gasteiger partial charge in [-0.15, -0.1) is 0 Å². The molecule has 1 saturated heterocycles. The number of carbonyl (C=O) groups is 5. The van der Waals surface area contributed by atoms with Gasteiger partial charge < -0.3 is 39.2 Å². The third kappa shape index (κ3) is 11.0. The van der Waals surface area contributed by atoms with Crippen molar-refractivity contribution >= 4 is 46.5 Å². The van der Waals surface area contributed by atoms with Gasteiger partial charge in [-0.2, -0.15) is 0 Å². The van der Waals surface area contributed by atoms with E-state index in [2.05, 4.69) is 20.9 Å². The number of pyridine rings is 2. The average Bonchev–Trinajstić information content (AvgIpc) is 3.23. The molecule has 1 atom stereocenters. The Morgan fingerprint density at radius 2 is 1.62 bits per heavy atom. The minimum absolute atomic E-state index is 0.0453. The molecular formula is C44H55N7O9. The largest absolute Gasteiger partial charge is 0.496 e. The van der Waals surface area contributed by atoms with Crippen LogP contribution in [0, 0.1) is 0 Å². The maximum absolute atomic E-state index is 13.4. The summed E-state index contributed by atoms with van der Waals surface area (Å²) < 4.78 is 18.8. The number of nitrogens with zero attached hydrogens (tertiary/aromatic N) is 4. The summed E-state index contributed by atoms with van der Waals surface area (Å²) in [5, 5.41) is 9.76. The van der Waals surface area contributed by atoms with Crippen LogP contribution in [0.4, 0.5) is 5.82 Å². The summed E-state index contributed by atoms with van der Waals surface area (Å²) >= 11 is 0. The highest BCUT2D eigenvalue weighted by Crippen LogP contribution is 2.38. The van der Waals surface area contributed by atoms with Gasteiger partial charge in [-0.25, -0.2) is 4.98 Å². The Labute approximate surface area is 349 Å². The molecule has 5 rings (SSSR count). The van der Waals surface area contributed by atoms with Crippen molar-refractivity contribution in [3.8, 4) is 28.4 Å². The third-order valence-electron chi connectivity index (χ3n) is 10.4. The molecule has 0 spiro atoms. The van der Waals surface area contributed by atoms with Crippen molar-refractivity contribution in [2.24, 2.45) is 7.05 Å². The molecule has 4 amide bonds. The van der Waals surface area contributed by atoms with E-state index in [1.54, 1.807) is 38.1 Å². The lowest BCUT2D eigenvalue weighted by atomic mass is 9.98. The number of carbonyl (C=O) groups excluding carboxylic acids is 5. The molecule has 60 heavy (non-hydrogen) atoms. The standard InChI is InChI=1S/C44H55N7O9/c1-49(2)24-33-36(58-5)20-29(21-37(33)59-6)32-25-50(3)43(56)31-23-47-38(22-30(31)32)45-18-11-9-7-8-10-12-19-46-40(54)27-60-35-15-13-14-28(26-52)41(35)44(57)51(4)34-16-17-39(53)48-42(34)55/h13-15,20-23,25-26,34H,7-12,16-19,24,27H2,1-6H3,(H,45,47)(H,46,54)(H,48,53,55). The molecule has 0 aliphatic carbocycles. The topological polar surface area (TPSA) is 190 Å². The summed E-state index contributed by atoms with van der Waals surface area (Å²) in [6, 6.07) is 9.47. The zero-order valence-corrected chi connectivity index (χ0v) is 35.2. The number of aromatic nitrogens is 2. The first kappa shape index (κ1) is 44.8. The normalized spacial score (nSPS) is 13.8. The summed E-state index contributed by atoms with van der Waals surface area (Å²) in [4.78, 5) is 82.6. The van der Waals surface area contributed by atoms with E-state index in [0.29, 0.717) is 48.6 Å². The van der Waals surface area contributed by atoms with Gasteiger partial charge in [-0.3, -0.25) is 34.1 Å². The predicted molar refractivity (Wildman–Crippen MR) is 228 cm³/mol. The molecule has 1 aliphatic rings. The Balaban J connectivity index is 1.05. The van der Waals surface area contributed by atoms with Crippen molar-refractivity contribution in [2.75, 3.05) is 60.4 Å². The van der Waals surface area contributed by atoms with E-state index in [-0.39, 0.29) is 47.8 Å². The molecule has 0 bridgehead atoms. The number of rotatable bonds is 21. The maximum Gasteiger partial charge on any atom is 0.259 e. The summed E-state index contributed by atoms with van der Waals surface area (Å²) in [6.07, 6.45) is 9.88. The van der Waals surface area contributed by atoms with Gasteiger partial charge in [0.15, 0.2) is 12.9 Å². The van der Waals surface area contributed by atoms with E-state index in [9.17, 15) is 28.8 Å². The summed E-state index contributed by atoms with van der Waals surface area (Å²) in [5.41, 5.74) is 2.52. The van der Waals surface area contributed by atoms with Crippen LogP contribution in [0.15, 0.2) is 53.6 Å². The minimum Gasteiger partial charge on any atom is -0.496 e. The van der Waals surface area contributed by atoms with Crippen molar-refractivity contribution in [2.45, 2.75) is 64.0 Å². The number of aldehydes is 1. The van der Waals surface area contributed by atoms with Gasteiger partial charge in [-0.05, 0) is 63.2 Å². The molecule has 2 aromatic heterocycles. The number of benzene rings is 2. The number of anilines is 1. The van der Waals surface area contributed by atoms with E-state index in [1.807, 2.05) is 43.4 Å². The van der Waals surface area contributed by atoms with Crippen molar-refractivity contribution in [1.29, 1.82) is 0 Å². The number of imide groups is 1. The second-order valence-corrected chi connectivity index (χ2v) is 15.1. The lowest BCUT2D eigenvalue weighted by Gasteiger charge is -2.30. The highest BCUT2D eigenvalue weighted by molar-refractivity contribution is 6.07. The number of fused-ring (bicyclic) bond motifs is 1. The molecule has 0 saturated carbocycles. The fourth-order valence-corrected chi connectivity index (χ4v) is 7.26. The van der Waals surface area contributed by atoms with Crippen LogP contribution in [0.1, 0.15) is 77.6 Å². The van der Waals surface area contributed by atoms with Gasteiger partial charge >= 0.3 is 0 Å². The molecule has 0 radical (unpaired) electrons. The predicted octanol–water partition coefficient (Wildman–Crippen LogP) is 4.32. The van der Waals surface area contributed by atoms with Crippen LogP contribution in [-0.4, -0.2) is 110 Å². The molecule has 16 heteroatoms. The van der Waals surface area contributed by atoms with Crippen molar-refractivity contribution in [3.05, 3.63) is 75.8 Å².